The maximum atomic E-state index is 11.2. The van der Waals surface area contributed by atoms with Gasteiger partial charge in [-0.2, -0.15) is 0 Å². The van der Waals surface area contributed by atoms with E-state index < -0.39 is 11.7 Å². The Morgan fingerprint density at radius 3 is 2.73 bits per heavy atom. The zero-order valence-electron chi connectivity index (χ0n) is 23.6. The molecule has 0 aliphatic carbocycles. The van der Waals surface area contributed by atoms with Gasteiger partial charge in [-0.15, -0.1) is 6.42 Å². The summed E-state index contributed by atoms with van der Waals surface area (Å²) in [5, 5.41) is 3.48. The summed E-state index contributed by atoms with van der Waals surface area (Å²) < 4.78 is 33.3. The Morgan fingerprint density at radius 2 is 1.95 bits per heavy atom. The number of carbonyl (C=O) groups excluding carboxylic acids is 1. The van der Waals surface area contributed by atoms with Crippen LogP contribution >= 0.6 is 0 Å². The summed E-state index contributed by atoms with van der Waals surface area (Å²) in [5.74, 6) is 13.6. The maximum Gasteiger partial charge on any atom is 0.332 e. The lowest BCUT2D eigenvalue weighted by molar-refractivity contribution is -0.147. The van der Waals surface area contributed by atoms with Gasteiger partial charge in [0.25, 0.3) is 0 Å². The molecule has 1 aromatic carbocycles. The minimum absolute atomic E-state index is 0.0859. The molecule has 1 heterocycles. The van der Waals surface area contributed by atoms with Crippen molar-refractivity contribution in [2.75, 3.05) is 71.8 Å². The largest absolute Gasteiger partial charge is 0.491 e. The summed E-state index contributed by atoms with van der Waals surface area (Å²) in [6.45, 7) is 3.95. The van der Waals surface area contributed by atoms with E-state index in [-0.39, 0.29) is 33.0 Å². The molecule has 10 nitrogen and oxygen atoms in total. The van der Waals surface area contributed by atoms with E-state index in [4.69, 9.17) is 34.8 Å². The fourth-order valence-corrected chi connectivity index (χ4v) is 3.42. The molecule has 1 N–H and O–H groups in total. The normalized spacial score (nSPS) is 17.4. The Labute approximate surface area is 242 Å². The smallest absolute Gasteiger partial charge is 0.332 e. The molecule has 1 atom stereocenters. The van der Waals surface area contributed by atoms with Gasteiger partial charge >= 0.3 is 5.97 Å². The van der Waals surface area contributed by atoms with E-state index in [1.807, 2.05) is 30.3 Å². The molecule has 10 heteroatoms. The monoisotopic (exact) mass is 563 g/mol. The number of ether oxygens (including phenoxy) is 6. The van der Waals surface area contributed by atoms with Crippen molar-refractivity contribution in [2.24, 2.45) is 9.98 Å². The second-order valence-corrected chi connectivity index (χ2v) is 8.24. The van der Waals surface area contributed by atoms with Crippen LogP contribution in [0.15, 0.2) is 46.1 Å². The molecule has 0 aromatic heterocycles. The lowest BCUT2D eigenvalue weighted by atomic mass is 10.0. The number of hydrogen-bond acceptors (Lipinski definition) is 10. The number of carbonyl (C=O) groups is 1. The number of rotatable bonds is 15. The molecule has 0 saturated carbocycles. The first-order valence-corrected chi connectivity index (χ1v) is 13.2. The number of benzene rings is 1. The molecule has 1 aromatic rings. The Hall–Kier alpha value is -4.11. The van der Waals surface area contributed by atoms with Gasteiger partial charge in [0.15, 0.2) is 0 Å². The summed E-state index contributed by atoms with van der Waals surface area (Å²) >= 11 is 0. The van der Waals surface area contributed by atoms with Crippen LogP contribution in [0.3, 0.4) is 0 Å². The van der Waals surface area contributed by atoms with Gasteiger partial charge in [0, 0.05) is 37.5 Å². The minimum Gasteiger partial charge on any atom is -0.491 e. The first-order chi connectivity index (χ1) is 20.1. The third kappa shape index (κ3) is 13.7. The molecule has 0 fully saturated rings. The van der Waals surface area contributed by atoms with Crippen molar-refractivity contribution < 1.29 is 33.2 Å². The summed E-state index contributed by atoms with van der Waals surface area (Å²) in [7, 11) is 1.62. The molecule has 41 heavy (non-hydrogen) atoms. The average Bonchev–Trinajstić information content (AvgIpc) is 2.98. The fourth-order valence-electron chi connectivity index (χ4n) is 3.42. The van der Waals surface area contributed by atoms with Gasteiger partial charge in [-0.1, -0.05) is 23.8 Å². The van der Waals surface area contributed by atoms with E-state index in [9.17, 15) is 4.79 Å². The fraction of sp³-hybridized carbons (Fsp3) is 0.452. The number of nitrogens with one attached hydrogen (secondary N) is 1. The molecular formula is C31H37N3O7. The lowest BCUT2D eigenvalue weighted by Crippen LogP contribution is -2.46. The lowest BCUT2D eigenvalue weighted by Gasteiger charge is -2.36. The van der Waals surface area contributed by atoms with E-state index in [1.165, 1.54) is 6.34 Å². The van der Waals surface area contributed by atoms with E-state index >= 15 is 0 Å². The predicted molar refractivity (Wildman–Crippen MR) is 158 cm³/mol. The standard InChI is InChI=1S/C31H37N3O7/c1-4-27-12-10-13-28(24-27)34-31(41-23-20-36-3)15-17-33-26-32-16-11-14-29(31)40-22-21-37-18-8-6-7-9-19-38-25-30(35)39-5-2/h1,10,12-14,17,24,26,34H,5,11,15-16,18-23,25H2,2-3H3/b29-14+,32-26?,33-17?. The molecule has 218 valence electrons. The van der Waals surface area contributed by atoms with E-state index in [2.05, 4.69) is 44.9 Å². The van der Waals surface area contributed by atoms with Gasteiger partial charge in [-0.3, -0.25) is 4.99 Å². The highest BCUT2D eigenvalue weighted by Gasteiger charge is 2.37. The Balaban J connectivity index is 2.01. The Bertz CT molecular complexity index is 1200. The van der Waals surface area contributed by atoms with Crippen molar-refractivity contribution in [1.29, 1.82) is 0 Å². The van der Waals surface area contributed by atoms with Crippen LogP contribution in [0.2, 0.25) is 0 Å². The summed E-state index contributed by atoms with van der Waals surface area (Å²) in [6, 6.07) is 7.51. The number of methoxy groups -OCH3 is 1. The van der Waals surface area contributed by atoms with Crippen LogP contribution in [0.5, 0.6) is 0 Å². The minimum atomic E-state index is -1.08. The Morgan fingerprint density at radius 1 is 1.12 bits per heavy atom. The highest BCUT2D eigenvalue weighted by Crippen LogP contribution is 2.30. The molecule has 0 saturated heterocycles. The van der Waals surface area contributed by atoms with E-state index in [0.717, 1.165) is 11.3 Å². The first kappa shape index (κ1) is 33.1. The average molecular weight is 564 g/mol. The second-order valence-electron chi connectivity index (χ2n) is 8.24. The number of anilines is 1. The van der Waals surface area contributed by atoms with Crippen LogP contribution in [0.1, 0.15) is 25.3 Å². The van der Waals surface area contributed by atoms with Crippen molar-refractivity contribution >= 4 is 24.2 Å². The van der Waals surface area contributed by atoms with Gasteiger partial charge < -0.3 is 33.7 Å². The third-order valence-electron chi connectivity index (χ3n) is 5.23. The van der Waals surface area contributed by atoms with Crippen molar-refractivity contribution in [3.05, 3.63) is 41.7 Å². The number of nitrogens with zero attached hydrogens (tertiary/aromatic N) is 2. The van der Waals surface area contributed by atoms with Crippen LogP contribution in [0.4, 0.5) is 5.69 Å². The highest BCUT2D eigenvalue weighted by atomic mass is 16.6. The van der Waals surface area contributed by atoms with E-state index in [1.54, 1.807) is 20.2 Å². The van der Waals surface area contributed by atoms with Crippen molar-refractivity contribution in [3.63, 3.8) is 0 Å². The predicted octanol–water partition coefficient (Wildman–Crippen LogP) is 2.84. The van der Waals surface area contributed by atoms with Gasteiger partial charge in [-0.25, -0.2) is 9.79 Å². The van der Waals surface area contributed by atoms with Gasteiger partial charge in [0.2, 0.25) is 5.72 Å². The van der Waals surface area contributed by atoms with Gasteiger partial charge in [0.1, 0.15) is 38.5 Å². The molecule has 0 spiro atoms. The van der Waals surface area contributed by atoms with E-state index in [0.29, 0.717) is 45.0 Å². The molecule has 0 radical (unpaired) electrons. The molecule has 1 aliphatic rings. The molecule has 1 aliphatic heterocycles. The number of hydrogen-bond donors (Lipinski definition) is 1. The molecule has 1 unspecified atom stereocenters. The van der Waals surface area contributed by atoms with Crippen molar-refractivity contribution in [3.8, 4) is 36.0 Å². The summed E-state index contributed by atoms with van der Waals surface area (Å²) in [4.78, 5) is 19.7. The van der Waals surface area contributed by atoms with Gasteiger partial charge in [-0.05, 0) is 49.5 Å². The SMILES string of the molecule is C#Cc1cccc(NC2(OCCOC)CC=NC=NCC/C=C\2OCCOCC#CC#CCOCC(=O)OCC)c1. The summed E-state index contributed by atoms with van der Waals surface area (Å²) in [5.41, 5.74) is 0.425. The molecule has 0 amide bonds. The highest BCUT2D eigenvalue weighted by molar-refractivity contribution is 5.74. The second kappa shape index (κ2) is 20.7. The van der Waals surface area contributed by atoms with Crippen molar-refractivity contribution in [2.45, 2.75) is 25.5 Å². The maximum absolute atomic E-state index is 11.2. The zero-order valence-corrected chi connectivity index (χ0v) is 23.6. The van der Waals surface area contributed by atoms with Crippen molar-refractivity contribution in [1.82, 2.24) is 0 Å². The first-order valence-electron chi connectivity index (χ1n) is 13.2. The molecular weight excluding hydrogens is 526 g/mol. The van der Waals surface area contributed by atoms with Gasteiger partial charge in [0.05, 0.1) is 26.4 Å². The number of terminal acetylenes is 1. The van der Waals surface area contributed by atoms with Crippen LogP contribution in [0, 0.1) is 36.0 Å². The molecule has 2 rings (SSSR count). The van der Waals surface area contributed by atoms with Crippen LogP contribution in [-0.4, -0.2) is 90.8 Å². The third-order valence-corrected chi connectivity index (χ3v) is 5.23. The summed E-state index contributed by atoms with van der Waals surface area (Å²) in [6.07, 6.45) is 11.8. The van der Waals surface area contributed by atoms with Crippen LogP contribution in [0.25, 0.3) is 0 Å². The number of aliphatic imine (C=N–C) groups is 2. The number of esters is 1. The van der Waals surface area contributed by atoms with Crippen LogP contribution in [-0.2, 0) is 33.2 Å². The quantitative estimate of drug-likeness (QED) is 0.150. The van der Waals surface area contributed by atoms with Crippen LogP contribution < -0.4 is 5.32 Å². The molecule has 0 bridgehead atoms. The Kier molecular flexibility index (Phi) is 16.7. The zero-order chi connectivity index (χ0) is 29.4. The topological polar surface area (TPSA) is 109 Å².